The Kier molecular flexibility index (Phi) is 8.47. The van der Waals surface area contributed by atoms with Crippen molar-refractivity contribution in [3.63, 3.8) is 0 Å². The Bertz CT molecular complexity index is 1260. The van der Waals surface area contributed by atoms with E-state index in [-0.39, 0.29) is 51.7 Å². The second kappa shape index (κ2) is 11.8. The fourth-order valence-corrected chi connectivity index (χ4v) is 12.2. The molecule has 2 saturated carbocycles. The van der Waals surface area contributed by atoms with Crippen molar-refractivity contribution in [2.45, 2.75) is 179 Å². The predicted octanol–water partition coefficient (Wildman–Crippen LogP) is 7.91. The van der Waals surface area contributed by atoms with Crippen molar-refractivity contribution in [2.75, 3.05) is 0 Å². The molecule has 0 N–H and O–H groups in total. The van der Waals surface area contributed by atoms with E-state index >= 15 is 0 Å². The number of carbonyl (C=O) groups excluding carboxylic acids is 1. The van der Waals surface area contributed by atoms with Gasteiger partial charge in [0.05, 0.1) is 6.10 Å². The summed E-state index contributed by atoms with van der Waals surface area (Å²) in [6, 6.07) is 0. The molecule has 8 aliphatic heterocycles. The Morgan fingerprint density at radius 3 is 1.79 bits per heavy atom. The molecule has 11 heteroatoms. The lowest BCUT2D eigenvalue weighted by atomic mass is 9.56. The molecule has 0 aromatic carbocycles. The molecule has 17 atom stereocenters. The van der Waals surface area contributed by atoms with Crippen LogP contribution in [0.2, 0.25) is 0 Å². The zero-order valence-corrected chi connectivity index (χ0v) is 31.2. The number of ether oxygens (including phenoxy) is 5. The third-order valence-electron chi connectivity index (χ3n) is 14.0. The van der Waals surface area contributed by atoms with Crippen molar-refractivity contribution in [3.05, 3.63) is 0 Å². The van der Waals surface area contributed by atoms with Gasteiger partial charge in [0.25, 0.3) is 0 Å². The van der Waals surface area contributed by atoms with Crippen LogP contribution in [0.5, 0.6) is 0 Å². The summed E-state index contributed by atoms with van der Waals surface area (Å²) >= 11 is 1.22. The van der Waals surface area contributed by atoms with E-state index in [9.17, 15) is 4.79 Å². The van der Waals surface area contributed by atoms with Gasteiger partial charge in [-0.15, -0.1) is 0 Å². The molecule has 0 amide bonds. The number of fused-ring (bicyclic) bond motifs is 4. The van der Waals surface area contributed by atoms with Gasteiger partial charge in [0.15, 0.2) is 23.8 Å². The van der Waals surface area contributed by atoms with Gasteiger partial charge in [-0.2, -0.15) is 0 Å². The first kappa shape index (κ1) is 34.6. The molecule has 0 aromatic heterocycles. The highest BCUT2D eigenvalue weighted by Crippen LogP contribution is 2.63. The van der Waals surface area contributed by atoms with E-state index < -0.39 is 47.6 Å². The molecule has 272 valence electrons. The molecule has 4 bridgehead atoms. The lowest BCUT2D eigenvalue weighted by molar-refractivity contribution is -0.573. The third kappa shape index (κ3) is 5.29. The van der Waals surface area contributed by atoms with E-state index in [0.717, 1.165) is 51.4 Å². The molecule has 10 rings (SSSR count). The van der Waals surface area contributed by atoms with Crippen LogP contribution in [0, 0.1) is 47.3 Å². The molecule has 0 radical (unpaired) electrons. The standard InChI is InChI=1S/C37H58O10S/c1-19-10-12-25-21(3)27(39-30-36(25)23(19)14-16-34(8,42-30)44-46-36)18-28(40-32(38)48-33(5,6)7)29-22(4)26-13-11-20(2)24-15-17-35(9)43-31(41-29)37(24,26)47-45-35/h19-31H,10-18H2,1-9H3/t19-,20-,21-,22-,23+,24+,25+,26+,27-,28+,29+,30-,31-,34?,35?,36-,37-/m1/s1. The molecule has 2 aliphatic carbocycles. The Balaban J connectivity index is 1.12. The van der Waals surface area contributed by atoms with Gasteiger partial charge in [-0.3, -0.25) is 0 Å². The van der Waals surface area contributed by atoms with Crippen molar-refractivity contribution >= 4 is 17.1 Å². The van der Waals surface area contributed by atoms with Crippen molar-refractivity contribution in [2.24, 2.45) is 47.3 Å². The van der Waals surface area contributed by atoms with Gasteiger partial charge in [0, 0.05) is 35.8 Å². The summed E-state index contributed by atoms with van der Waals surface area (Å²) in [4.78, 5) is 38.6. The summed E-state index contributed by atoms with van der Waals surface area (Å²) < 4.78 is 33.7. The lowest BCUT2D eigenvalue weighted by Gasteiger charge is -2.62. The van der Waals surface area contributed by atoms with Crippen LogP contribution in [0.4, 0.5) is 4.79 Å². The second-order valence-electron chi connectivity index (χ2n) is 18.2. The second-order valence-corrected chi connectivity index (χ2v) is 19.9. The monoisotopic (exact) mass is 694 g/mol. The SMILES string of the molecule is C[C@H]1[C@@H]([C@H](C[C@H]2O[C@@H]3OC4(C)CC[C@H]5[C@H](C)CC[C@@H]([C@H]2C)[C@@]35OO4)OC(=O)SC(C)(C)C)O[C@@H]2OC3(C)CC[C@H]4[C@H](C)CC[C@@H]1[C@@]24OO3. The molecule has 0 aromatic rings. The normalized spacial score (nSPS) is 54.8. The van der Waals surface area contributed by atoms with Gasteiger partial charge >= 0.3 is 5.30 Å². The number of rotatable bonds is 4. The van der Waals surface area contributed by atoms with Crippen LogP contribution in [-0.2, 0) is 43.2 Å². The zero-order valence-electron chi connectivity index (χ0n) is 30.4. The number of hydrogen-bond donors (Lipinski definition) is 0. The minimum absolute atomic E-state index is 0.0225. The minimum Gasteiger partial charge on any atom is -0.451 e. The highest BCUT2D eigenvalue weighted by molar-refractivity contribution is 8.14. The van der Waals surface area contributed by atoms with Crippen molar-refractivity contribution in [3.8, 4) is 0 Å². The topological polar surface area (TPSA) is 100 Å². The van der Waals surface area contributed by atoms with E-state index in [1.165, 1.54) is 11.8 Å². The molecule has 2 unspecified atom stereocenters. The molecule has 10 aliphatic rings. The van der Waals surface area contributed by atoms with Crippen LogP contribution >= 0.6 is 11.8 Å². The fourth-order valence-electron chi connectivity index (χ4n) is 11.5. The first-order valence-electron chi connectivity index (χ1n) is 18.9. The van der Waals surface area contributed by atoms with Crippen molar-refractivity contribution in [1.82, 2.24) is 0 Å². The van der Waals surface area contributed by atoms with E-state index in [2.05, 4.69) is 27.7 Å². The van der Waals surface area contributed by atoms with Crippen LogP contribution in [0.1, 0.15) is 120 Å². The van der Waals surface area contributed by atoms with Crippen LogP contribution in [0.3, 0.4) is 0 Å². The van der Waals surface area contributed by atoms with Crippen molar-refractivity contribution in [1.29, 1.82) is 0 Å². The molecule has 10 nitrogen and oxygen atoms in total. The summed E-state index contributed by atoms with van der Waals surface area (Å²) in [5.74, 6) is 0.226. The van der Waals surface area contributed by atoms with E-state index in [0.29, 0.717) is 18.3 Å². The quantitative estimate of drug-likeness (QED) is 0.212. The van der Waals surface area contributed by atoms with Gasteiger partial charge in [0.2, 0.25) is 11.6 Å². The Hall–Kier alpha value is -0.500. The summed E-state index contributed by atoms with van der Waals surface area (Å²) in [7, 11) is 0. The van der Waals surface area contributed by atoms with Gasteiger partial charge < -0.3 is 23.7 Å². The molecule has 8 heterocycles. The summed E-state index contributed by atoms with van der Waals surface area (Å²) in [6.45, 7) is 19.2. The minimum atomic E-state index is -0.880. The first-order chi connectivity index (χ1) is 22.6. The third-order valence-corrected chi connectivity index (χ3v) is 14.8. The predicted molar refractivity (Wildman–Crippen MR) is 176 cm³/mol. The smallest absolute Gasteiger partial charge is 0.368 e. The Morgan fingerprint density at radius 2 is 1.25 bits per heavy atom. The maximum absolute atomic E-state index is 13.6. The van der Waals surface area contributed by atoms with Crippen molar-refractivity contribution < 1.29 is 48.0 Å². The largest absolute Gasteiger partial charge is 0.451 e. The van der Waals surface area contributed by atoms with E-state index in [1.807, 2.05) is 34.6 Å². The highest BCUT2D eigenvalue weighted by Gasteiger charge is 2.72. The van der Waals surface area contributed by atoms with E-state index in [4.69, 9.17) is 43.2 Å². The summed E-state index contributed by atoms with van der Waals surface area (Å²) in [5, 5.41) is -0.297. The molecular formula is C37H58O10S. The molecule has 10 fully saturated rings. The van der Waals surface area contributed by atoms with Gasteiger partial charge in [-0.05, 0) is 99.6 Å². The molecule has 48 heavy (non-hydrogen) atoms. The maximum atomic E-state index is 13.6. The zero-order chi connectivity index (χ0) is 34.0. The fraction of sp³-hybridized carbons (Fsp3) is 0.973. The van der Waals surface area contributed by atoms with Gasteiger partial charge in [-0.1, -0.05) is 48.5 Å². The summed E-state index contributed by atoms with van der Waals surface area (Å²) in [6.07, 6.45) is 5.79. The van der Waals surface area contributed by atoms with Crippen LogP contribution in [0.15, 0.2) is 0 Å². The average molecular weight is 695 g/mol. The van der Waals surface area contributed by atoms with Crippen LogP contribution in [-0.4, -0.2) is 63.7 Å². The van der Waals surface area contributed by atoms with Gasteiger partial charge in [0.1, 0.15) is 12.2 Å². The first-order valence-corrected chi connectivity index (χ1v) is 19.7. The molecule has 2 spiro atoms. The molecular weight excluding hydrogens is 636 g/mol. The highest BCUT2D eigenvalue weighted by atomic mass is 32.2. The van der Waals surface area contributed by atoms with Crippen LogP contribution in [0.25, 0.3) is 0 Å². The number of thioether (sulfide) groups is 1. The maximum Gasteiger partial charge on any atom is 0.368 e. The summed E-state index contributed by atoms with van der Waals surface area (Å²) in [5.41, 5.74) is -1.33. The molecule has 8 saturated heterocycles. The van der Waals surface area contributed by atoms with Gasteiger partial charge in [-0.25, -0.2) is 24.3 Å². The van der Waals surface area contributed by atoms with E-state index in [1.54, 1.807) is 0 Å². The Morgan fingerprint density at radius 1 is 0.729 bits per heavy atom. The number of hydrogen-bond acceptors (Lipinski definition) is 11. The lowest BCUT2D eigenvalue weighted by Crippen LogP contribution is -2.72. The number of carbonyl (C=O) groups is 1. The van der Waals surface area contributed by atoms with Crippen LogP contribution < -0.4 is 0 Å². The Labute approximate surface area is 290 Å². The average Bonchev–Trinajstić information content (AvgIpc) is 3.38.